The number of carbonyl (C=O) groups excluding carboxylic acids is 1. The van der Waals surface area contributed by atoms with Gasteiger partial charge in [-0.15, -0.1) is 11.3 Å². The van der Waals surface area contributed by atoms with E-state index in [0.29, 0.717) is 18.7 Å². The summed E-state index contributed by atoms with van der Waals surface area (Å²) in [6.45, 7) is 4.11. The molecule has 0 aromatic carbocycles. The Morgan fingerprint density at radius 2 is 1.86 bits per heavy atom. The number of aromatic nitrogens is 1. The van der Waals surface area contributed by atoms with Gasteiger partial charge in [0.2, 0.25) is 0 Å². The number of thiophene rings is 1. The van der Waals surface area contributed by atoms with Crippen LogP contribution in [0.1, 0.15) is 15.2 Å². The highest BCUT2D eigenvalue weighted by atomic mass is 35.5. The molecule has 22 heavy (non-hydrogen) atoms. The average Bonchev–Trinajstić information content (AvgIpc) is 2.99. The molecule has 7 heteroatoms. The zero-order valence-electron chi connectivity index (χ0n) is 11.8. The lowest BCUT2D eigenvalue weighted by Gasteiger charge is -2.34. The van der Waals surface area contributed by atoms with Gasteiger partial charge in [0.25, 0.3) is 5.91 Å². The van der Waals surface area contributed by atoms with E-state index in [1.807, 2.05) is 4.90 Å². The van der Waals surface area contributed by atoms with E-state index in [-0.39, 0.29) is 16.2 Å². The van der Waals surface area contributed by atoms with Gasteiger partial charge < -0.3 is 4.90 Å². The molecule has 0 radical (unpaired) electrons. The molecular formula is C15H15Cl2N3OS. The minimum Gasteiger partial charge on any atom is -0.336 e. The molecule has 3 rings (SSSR count). The first kappa shape index (κ1) is 15.7. The summed E-state index contributed by atoms with van der Waals surface area (Å²) in [5, 5.41) is 2.57. The van der Waals surface area contributed by atoms with Crippen LogP contribution in [0.15, 0.2) is 29.6 Å². The van der Waals surface area contributed by atoms with Gasteiger partial charge in [0.15, 0.2) is 0 Å². The number of amides is 1. The van der Waals surface area contributed by atoms with Crippen LogP contribution in [0.2, 0.25) is 10.3 Å². The van der Waals surface area contributed by atoms with Gasteiger partial charge >= 0.3 is 0 Å². The van der Waals surface area contributed by atoms with Crippen molar-refractivity contribution in [1.82, 2.24) is 14.8 Å². The van der Waals surface area contributed by atoms with Gasteiger partial charge in [0.1, 0.15) is 10.3 Å². The van der Waals surface area contributed by atoms with Gasteiger partial charge in [-0.1, -0.05) is 29.3 Å². The van der Waals surface area contributed by atoms with Crippen LogP contribution in [0, 0.1) is 0 Å². The average molecular weight is 356 g/mol. The van der Waals surface area contributed by atoms with Crippen molar-refractivity contribution in [1.29, 1.82) is 0 Å². The van der Waals surface area contributed by atoms with Crippen LogP contribution in [0.25, 0.3) is 0 Å². The van der Waals surface area contributed by atoms with Crippen molar-refractivity contribution in [3.05, 3.63) is 50.4 Å². The Labute approximate surface area is 143 Å². The highest BCUT2D eigenvalue weighted by Gasteiger charge is 2.23. The van der Waals surface area contributed by atoms with E-state index < -0.39 is 0 Å². The summed E-state index contributed by atoms with van der Waals surface area (Å²) in [4.78, 5) is 21.9. The summed E-state index contributed by atoms with van der Waals surface area (Å²) in [5.74, 6) is -0.0398. The van der Waals surface area contributed by atoms with Crippen LogP contribution in [-0.2, 0) is 6.54 Å². The number of hydrogen-bond acceptors (Lipinski definition) is 4. The third-order valence-electron chi connectivity index (χ3n) is 3.63. The summed E-state index contributed by atoms with van der Waals surface area (Å²) in [5.41, 5.74) is 0.497. The molecule has 0 bridgehead atoms. The highest BCUT2D eigenvalue weighted by Crippen LogP contribution is 2.18. The molecule has 0 spiro atoms. The molecule has 0 unspecified atom stereocenters. The molecule has 1 fully saturated rings. The quantitative estimate of drug-likeness (QED) is 0.791. The topological polar surface area (TPSA) is 36.4 Å². The number of nitrogens with zero attached hydrogens (tertiary/aromatic N) is 3. The van der Waals surface area contributed by atoms with E-state index >= 15 is 0 Å². The molecule has 0 N–H and O–H groups in total. The summed E-state index contributed by atoms with van der Waals surface area (Å²) in [6, 6.07) is 7.33. The van der Waals surface area contributed by atoms with Gasteiger partial charge in [0, 0.05) is 43.2 Å². The largest absolute Gasteiger partial charge is 0.336 e. The zero-order chi connectivity index (χ0) is 15.5. The summed E-state index contributed by atoms with van der Waals surface area (Å²) < 4.78 is 0. The number of rotatable bonds is 3. The Morgan fingerprint density at radius 1 is 1.18 bits per heavy atom. The van der Waals surface area contributed by atoms with Crippen LogP contribution in [-0.4, -0.2) is 46.9 Å². The third kappa shape index (κ3) is 3.79. The standard InChI is InChI=1S/C15H15Cl2N3OS/c16-13-8-11(9-14(17)18-13)15(21)20-5-3-19(4-6-20)10-12-2-1-7-22-12/h1-2,7-9H,3-6,10H2. The van der Waals surface area contributed by atoms with Crippen molar-refractivity contribution in [3.8, 4) is 0 Å². The Morgan fingerprint density at radius 3 is 2.45 bits per heavy atom. The minimum atomic E-state index is -0.0398. The van der Waals surface area contributed by atoms with Crippen molar-refractivity contribution in [2.24, 2.45) is 0 Å². The van der Waals surface area contributed by atoms with Crippen LogP contribution in [0.4, 0.5) is 0 Å². The molecule has 2 aromatic rings. The molecule has 116 valence electrons. The maximum atomic E-state index is 12.5. The van der Waals surface area contributed by atoms with Crippen molar-refractivity contribution >= 4 is 40.4 Å². The van der Waals surface area contributed by atoms with E-state index in [1.165, 1.54) is 4.88 Å². The molecule has 3 heterocycles. The molecule has 2 aromatic heterocycles. The number of halogens is 2. The number of hydrogen-bond donors (Lipinski definition) is 0. The second-order valence-electron chi connectivity index (χ2n) is 5.15. The van der Waals surface area contributed by atoms with Crippen LogP contribution in [0.5, 0.6) is 0 Å². The first-order valence-corrected chi connectivity index (χ1v) is 8.62. The fraction of sp³-hybridized carbons (Fsp3) is 0.333. The van der Waals surface area contributed by atoms with E-state index in [4.69, 9.17) is 23.2 Å². The number of piperazine rings is 1. The molecule has 1 aliphatic rings. The van der Waals surface area contributed by atoms with E-state index in [2.05, 4.69) is 27.4 Å². The fourth-order valence-electron chi connectivity index (χ4n) is 2.50. The summed E-state index contributed by atoms with van der Waals surface area (Å²) in [7, 11) is 0. The lowest BCUT2D eigenvalue weighted by molar-refractivity contribution is 0.0629. The van der Waals surface area contributed by atoms with Crippen molar-refractivity contribution in [2.45, 2.75) is 6.54 Å². The smallest absolute Gasteiger partial charge is 0.254 e. The Kier molecular flexibility index (Phi) is 4.98. The fourth-order valence-corrected chi connectivity index (χ4v) is 3.71. The van der Waals surface area contributed by atoms with Crippen molar-refractivity contribution < 1.29 is 4.79 Å². The lowest BCUT2D eigenvalue weighted by atomic mass is 10.2. The number of carbonyl (C=O) groups is 1. The van der Waals surface area contributed by atoms with Crippen molar-refractivity contribution in [2.75, 3.05) is 26.2 Å². The van der Waals surface area contributed by atoms with Gasteiger partial charge in [-0.05, 0) is 23.6 Å². The number of pyridine rings is 1. The third-order valence-corrected chi connectivity index (χ3v) is 4.88. The van der Waals surface area contributed by atoms with Gasteiger partial charge in [-0.3, -0.25) is 9.69 Å². The molecule has 1 aliphatic heterocycles. The van der Waals surface area contributed by atoms with Crippen LogP contribution in [0.3, 0.4) is 0 Å². The normalized spacial score (nSPS) is 16.0. The second-order valence-corrected chi connectivity index (χ2v) is 6.96. The monoisotopic (exact) mass is 355 g/mol. The van der Waals surface area contributed by atoms with Gasteiger partial charge in [0.05, 0.1) is 0 Å². The van der Waals surface area contributed by atoms with Crippen molar-refractivity contribution in [3.63, 3.8) is 0 Å². The Hall–Kier alpha value is -1.14. The predicted octanol–water partition coefficient (Wildman–Crippen LogP) is 3.41. The lowest BCUT2D eigenvalue weighted by Crippen LogP contribution is -2.48. The minimum absolute atomic E-state index is 0.0398. The summed E-state index contributed by atoms with van der Waals surface area (Å²) >= 11 is 13.5. The Balaban J connectivity index is 1.59. The molecule has 1 saturated heterocycles. The van der Waals surface area contributed by atoms with Crippen LogP contribution < -0.4 is 0 Å². The molecule has 0 atom stereocenters. The summed E-state index contributed by atoms with van der Waals surface area (Å²) in [6.07, 6.45) is 0. The predicted molar refractivity (Wildman–Crippen MR) is 89.8 cm³/mol. The van der Waals surface area contributed by atoms with Gasteiger partial charge in [-0.2, -0.15) is 0 Å². The SMILES string of the molecule is O=C(c1cc(Cl)nc(Cl)c1)N1CCN(Cc2cccs2)CC1. The van der Waals surface area contributed by atoms with Gasteiger partial charge in [-0.25, -0.2) is 4.98 Å². The molecule has 0 aliphatic carbocycles. The van der Waals surface area contributed by atoms with E-state index in [9.17, 15) is 4.79 Å². The maximum Gasteiger partial charge on any atom is 0.254 e. The molecular weight excluding hydrogens is 341 g/mol. The van der Waals surface area contributed by atoms with E-state index in [1.54, 1.807) is 23.5 Å². The molecule has 1 amide bonds. The molecule has 4 nitrogen and oxygen atoms in total. The highest BCUT2D eigenvalue weighted by molar-refractivity contribution is 7.09. The van der Waals surface area contributed by atoms with Crippen LogP contribution >= 0.6 is 34.5 Å². The first-order valence-electron chi connectivity index (χ1n) is 6.99. The maximum absolute atomic E-state index is 12.5. The molecule has 0 saturated carbocycles. The second kappa shape index (κ2) is 6.96. The Bertz CT molecular complexity index is 635. The first-order chi connectivity index (χ1) is 10.6. The zero-order valence-corrected chi connectivity index (χ0v) is 14.2. The van der Waals surface area contributed by atoms with E-state index in [0.717, 1.165) is 19.6 Å².